The van der Waals surface area contributed by atoms with Gasteiger partial charge in [0.25, 0.3) is 5.91 Å². The smallest absolute Gasteiger partial charge is 0.338 e. The Morgan fingerprint density at radius 2 is 1.82 bits per heavy atom. The van der Waals surface area contributed by atoms with Crippen LogP contribution in [0.15, 0.2) is 76.6 Å². The van der Waals surface area contributed by atoms with E-state index in [4.69, 9.17) is 14.5 Å². The fourth-order valence-corrected chi connectivity index (χ4v) is 5.91. The van der Waals surface area contributed by atoms with Gasteiger partial charge >= 0.3 is 12.0 Å². The maximum atomic E-state index is 13.4. The number of amides is 3. The van der Waals surface area contributed by atoms with Gasteiger partial charge in [0.15, 0.2) is 5.17 Å². The second-order valence-electron chi connectivity index (χ2n) is 9.51. The van der Waals surface area contributed by atoms with Gasteiger partial charge in [-0.1, -0.05) is 54.2 Å². The van der Waals surface area contributed by atoms with Crippen LogP contribution in [0.2, 0.25) is 0 Å². The highest BCUT2D eigenvalue weighted by atomic mass is 32.2. The van der Waals surface area contributed by atoms with E-state index >= 15 is 0 Å². The van der Waals surface area contributed by atoms with Crippen molar-refractivity contribution in [3.8, 4) is 5.75 Å². The van der Waals surface area contributed by atoms with E-state index in [1.54, 1.807) is 29.9 Å². The molecule has 2 heterocycles. The lowest BCUT2D eigenvalue weighted by Gasteiger charge is -2.36. The number of aliphatic imine (C=N–C) groups is 1. The topological polar surface area (TPSA) is 101 Å². The van der Waals surface area contributed by atoms with Crippen molar-refractivity contribution in [2.45, 2.75) is 38.8 Å². The molecule has 1 fully saturated rings. The van der Waals surface area contributed by atoms with Gasteiger partial charge in [0.1, 0.15) is 11.4 Å². The SMILES string of the molecule is CCOC(=O)C1=C(CSC2=N/C(=C/c3ccc(OC)cc3)C(=O)N2C2CC2)N(CC)C(=O)N[C@@H]1c1ccccc1. The van der Waals surface area contributed by atoms with E-state index < -0.39 is 12.0 Å². The number of esters is 1. The number of amidine groups is 1. The molecule has 40 heavy (non-hydrogen) atoms. The molecule has 208 valence electrons. The van der Waals surface area contributed by atoms with Gasteiger partial charge in [-0.2, -0.15) is 0 Å². The summed E-state index contributed by atoms with van der Waals surface area (Å²) >= 11 is 1.36. The van der Waals surface area contributed by atoms with Crippen molar-refractivity contribution < 1.29 is 23.9 Å². The van der Waals surface area contributed by atoms with E-state index in [2.05, 4.69) is 5.32 Å². The van der Waals surface area contributed by atoms with Crippen LogP contribution in [0.4, 0.5) is 4.79 Å². The van der Waals surface area contributed by atoms with Gasteiger partial charge < -0.3 is 14.8 Å². The van der Waals surface area contributed by atoms with Gasteiger partial charge in [-0.25, -0.2) is 14.6 Å². The van der Waals surface area contributed by atoms with Crippen LogP contribution >= 0.6 is 11.8 Å². The molecule has 9 nitrogen and oxygen atoms in total. The zero-order valence-corrected chi connectivity index (χ0v) is 23.6. The average Bonchev–Trinajstić information content (AvgIpc) is 3.76. The summed E-state index contributed by atoms with van der Waals surface area (Å²) in [5.74, 6) is 0.380. The molecular weight excluding hydrogens is 528 g/mol. The largest absolute Gasteiger partial charge is 0.497 e. The standard InChI is InChI=1S/C30H32N4O5S/c1-4-33-24(25(28(36)39-5-2)26(32-29(33)37)20-9-7-6-8-10-20)18-40-30-31-23(27(35)34(30)21-13-14-21)17-19-11-15-22(38-3)16-12-19/h6-12,15-17,21,26H,4-5,13-14,18H2,1-3H3,(H,32,37)/b23-17+/t26-/m1/s1. The van der Waals surface area contributed by atoms with Crippen LogP contribution in [-0.4, -0.2) is 64.9 Å². The van der Waals surface area contributed by atoms with Gasteiger partial charge in [-0.3, -0.25) is 14.6 Å². The Balaban J connectivity index is 1.49. The zero-order valence-electron chi connectivity index (χ0n) is 22.8. The number of hydrogen-bond donors (Lipinski definition) is 1. The van der Waals surface area contributed by atoms with E-state index in [0.717, 1.165) is 29.7 Å². The third kappa shape index (κ3) is 5.62. The lowest BCUT2D eigenvalue weighted by atomic mass is 9.95. The number of thioether (sulfide) groups is 1. The number of ether oxygens (including phenoxy) is 2. The van der Waals surface area contributed by atoms with Crippen LogP contribution in [0.1, 0.15) is 43.9 Å². The van der Waals surface area contributed by atoms with Crippen LogP contribution < -0.4 is 10.1 Å². The minimum Gasteiger partial charge on any atom is -0.497 e. The van der Waals surface area contributed by atoms with Gasteiger partial charge in [-0.15, -0.1) is 0 Å². The van der Waals surface area contributed by atoms with E-state index in [1.165, 1.54) is 11.8 Å². The Kier molecular flexibility index (Phi) is 8.25. The fourth-order valence-electron chi connectivity index (χ4n) is 4.79. The first-order chi connectivity index (χ1) is 19.4. The third-order valence-electron chi connectivity index (χ3n) is 6.91. The Morgan fingerprint density at radius 3 is 2.45 bits per heavy atom. The van der Waals surface area contributed by atoms with Gasteiger partial charge in [0.05, 0.1) is 25.3 Å². The number of benzene rings is 2. The second kappa shape index (κ2) is 12.0. The van der Waals surface area contributed by atoms with Crippen molar-refractivity contribution in [1.82, 2.24) is 15.1 Å². The molecule has 1 N–H and O–H groups in total. The summed E-state index contributed by atoms with van der Waals surface area (Å²) in [6, 6.07) is 16.0. The number of hydrogen-bond acceptors (Lipinski definition) is 7. The zero-order chi connectivity index (χ0) is 28.2. The van der Waals surface area contributed by atoms with Crippen molar-refractivity contribution in [3.63, 3.8) is 0 Å². The number of urea groups is 1. The van der Waals surface area contributed by atoms with Crippen LogP contribution in [-0.2, 0) is 14.3 Å². The lowest BCUT2D eigenvalue weighted by Crippen LogP contribution is -2.49. The van der Waals surface area contributed by atoms with Crippen LogP contribution in [0, 0.1) is 0 Å². The van der Waals surface area contributed by atoms with E-state index in [9.17, 15) is 14.4 Å². The number of nitrogens with zero attached hydrogens (tertiary/aromatic N) is 3. The Morgan fingerprint density at radius 1 is 1.10 bits per heavy atom. The summed E-state index contributed by atoms with van der Waals surface area (Å²) < 4.78 is 10.7. The molecule has 0 spiro atoms. The molecule has 10 heteroatoms. The van der Waals surface area contributed by atoms with Crippen LogP contribution in [0.3, 0.4) is 0 Å². The summed E-state index contributed by atoms with van der Waals surface area (Å²) in [7, 11) is 1.61. The summed E-state index contributed by atoms with van der Waals surface area (Å²) in [6.07, 6.45) is 3.60. The Labute approximate surface area is 237 Å². The summed E-state index contributed by atoms with van der Waals surface area (Å²) in [5, 5.41) is 3.54. The molecule has 5 rings (SSSR count). The first kappa shape index (κ1) is 27.5. The number of carbonyl (C=O) groups excluding carboxylic acids is 3. The predicted octanol–water partition coefficient (Wildman–Crippen LogP) is 4.73. The normalized spacial score (nSPS) is 20.1. The number of carbonyl (C=O) groups is 3. The number of rotatable bonds is 9. The predicted molar refractivity (Wildman–Crippen MR) is 154 cm³/mol. The fraction of sp³-hybridized carbons (Fsp3) is 0.333. The summed E-state index contributed by atoms with van der Waals surface area (Å²) in [4.78, 5) is 47.9. The minimum absolute atomic E-state index is 0.105. The molecular formula is C30H32N4O5S. The van der Waals surface area contributed by atoms with Crippen molar-refractivity contribution in [2.24, 2.45) is 4.99 Å². The molecule has 2 aliphatic heterocycles. The Bertz CT molecular complexity index is 1380. The lowest BCUT2D eigenvalue weighted by molar-refractivity contribution is -0.139. The molecule has 2 aromatic carbocycles. The first-order valence-corrected chi connectivity index (χ1v) is 14.4. The minimum atomic E-state index is -0.650. The molecule has 0 aromatic heterocycles. The molecule has 0 bridgehead atoms. The van der Waals surface area contributed by atoms with Gasteiger partial charge in [-0.05, 0) is 56.0 Å². The quantitative estimate of drug-likeness (QED) is 0.352. The van der Waals surface area contributed by atoms with E-state index in [0.29, 0.717) is 28.7 Å². The van der Waals surface area contributed by atoms with Crippen molar-refractivity contribution in [3.05, 3.63) is 82.7 Å². The maximum Gasteiger partial charge on any atom is 0.338 e. The molecule has 0 radical (unpaired) electrons. The average molecular weight is 561 g/mol. The first-order valence-electron chi connectivity index (χ1n) is 13.4. The molecule has 3 amide bonds. The highest BCUT2D eigenvalue weighted by Gasteiger charge is 2.43. The highest BCUT2D eigenvalue weighted by Crippen LogP contribution is 2.38. The molecule has 1 atom stereocenters. The summed E-state index contributed by atoms with van der Waals surface area (Å²) in [6.45, 7) is 4.19. The Hall–Kier alpha value is -4.05. The van der Waals surface area contributed by atoms with Crippen molar-refractivity contribution in [2.75, 3.05) is 26.0 Å². The number of methoxy groups -OCH3 is 1. The third-order valence-corrected chi connectivity index (χ3v) is 7.88. The molecule has 0 unspecified atom stereocenters. The highest BCUT2D eigenvalue weighted by molar-refractivity contribution is 8.14. The summed E-state index contributed by atoms with van der Waals surface area (Å²) in [5.41, 5.74) is 2.93. The maximum absolute atomic E-state index is 13.4. The molecule has 0 saturated heterocycles. The second-order valence-corrected chi connectivity index (χ2v) is 10.5. The van der Waals surface area contributed by atoms with Crippen molar-refractivity contribution >= 4 is 40.9 Å². The van der Waals surface area contributed by atoms with E-state index in [-0.39, 0.29) is 30.3 Å². The number of nitrogens with one attached hydrogen (secondary N) is 1. The van der Waals surface area contributed by atoms with Gasteiger partial charge in [0.2, 0.25) is 0 Å². The monoisotopic (exact) mass is 560 g/mol. The molecule has 2 aromatic rings. The van der Waals surface area contributed by atoms with E-state index in [1.807, 2.05) is 61.5 Å². The molecule has 1 saturated carbocycles. The van der Waals surface area contributed by atoms with Crippen LogP contribution in [0.25, 0.3) is 6.08 Å². The molecule has 3 aliphatic rings. The van der Waals surface area contributed by atoms with Crippen molar-refractivity contribution in [1.29, 1.82) is 0 Å². The molecule has 1 aliphatic carbocycles. The van der Waals surface area contributed by atoms with Crippen LogP contribution in [0.5, 0.6) is 5.75 Å². The van der Waals surface area contributed by atoms with Gasteiger partial charge in [0, 0.05) is 24.0 Å².